The van der Waals surface area contributed by atoms with Gasteiger partial charge in [-0.2, -0.15) is 5.26 Å². The fraction of sp³-hybridized carbons (Fsp3) is 0.808. The minimum Gasteiger partial charge on any atom is -0.350 e. The van der Waals surface area contributed by atoms with Crippen molar-refractivity contribution in [1.82, 2.24) is 10.2 Å². The van der Waals surface area contributed by atoms with Gasteiger partial charge in [-0.3, -0.25) is 9.59 Å². The van der Waals surface area contributed by atoms with Gasteiger partial charge in [0.15, 0.2) is 0 Å². The molecule has 170 valence electrons. The Bertz CT molecular complexity index is 812. The van der Waals surface area contributed by atoms with Crippen LogP contribution in [0, 0.1) is 52.3 Å². The molecule has 1 saturated heterocycles. The Morgan fingerprint density at radius 1 is 1.32 bits per heavy atom. The molecule has 4 fully saturated rings. The van der Waals surface area contributed by atoms with Crippen molar-refractivity contribution >= 4 is 11.8 Å². The van der Waals surface area contributed by atoms with E-state index in [1.165, 1.54) is 18.4 Å². The molecule has 1 heterocycles. The predicted molar refractivity (Wildman–Crippen MR) is 121 cm³/mol. The van der Waals surface area contributed by atoms with Crippen LogP contribution >= 0.6 is 0 Å². The molecule has 0 aromatic carbocycles. The molecule has 1 aliphatic heterocycles. The molecule has 2 amide bonds. The largest absolute Gasteiger partial charge is 0.350 e. The second kappa shape index (κ2) is 7.94. The lowest BCUT2D eigenvalue weighted by atomic mass is 9.42. The van der Waals surface area contributed by atoms with Crippen LogP contribution in [0.1, 0.15) is 72.6 Å². The summed E-state index contributed by atoms with van der Waals surface area (Å²) in [7, 11) is 0. The maximum Gasteiger partial charge on any atom is 0.240 e. The Balaban J connectivity index is 1.53. The summed E-state index contributed by atoms with van der Waals surface area (Å²) in [6, 6.07) is 2.84. The molecule has 0 bridgehead atoms. The Kier molecular flexibility index (Phi) is 5.73. The quantitative estimate of drug-likeness (QED) is 0.527. The van der Waals surface area contributed by atoms with E-state index in [0.717, 1.165) is 25.7 Å². The minimum absolute atomic E-state index is 0.0675. The zero-order chi connectivity index (χ0) is 22.6. The maximum absolute atomic E-state index is 12.6. The molecule has 7 atom stereocenters. The van der Waals surface area contributed by atoms with Crippen molar-refractivity contribution in [3.8, 4) is 6.07 Å². The highest BCUT2D eigenvalue weighted by Crippen LogP contribution is 2.65. The first-order valence-electron chi connectivity index (χ1n) is 12.3. The summed E-state index contributed by atoms with van der Waals surface area (Å²) in [6.07, 6.45) is 6.91. The minimum atomic E-state index is -0.352. The van der Waals surface area contributed by atoms with E-state index in [2.05, 4.69) is 45.7 Å². The van der Waals surface area contributed by atoms with Gasteiger partial charge in [-0.15, -0.1) is 0 Å². The molecular weight excluding hydrogens is 386 g/mol. The van der Waals surface area contributed by atoms with E-state index in [1.54, 1.807) is 4.90 Å². The molecule has 1 N–H and O–H groups in total. The first kappa shape index (κ1) is 22.4. The summed E-state index contributed by atoms with van der Waals surface area (Å²) < 4.78 is 0. The van der Waals surface area contributed by atoms with Gasteiger partial charge in [-0.05, 0) is 87.9 Å². The predicted octanol–water partition coefficient (Wildman–Crippen LogP) is 4.30. The van der Waals surface area contributed by atoms with E-state index in [0.29, 0.717) is 48.5 Å². The zero-order valence-corrected chi connectivity index (χ0v) is 19.7. The van der Waals surface area contributed by atoms with Crippen molar-refractivity contribution < 1.29 is 9.59 Å². The molecule has 0 radical (unpaired) electrons. The molecule has 4 rings (SSSR count). The first-order valence-corrected chi connectivity index (χ1v) is 12.3. The second-order valence-corrected chi connectivity index (χ2v) is 11.7. The number of nitriles is 1. The molecule has 0 aromatic heterocycles. The molecule has 5 heteroatoms. The van der Waals surface area contributed by atoms with E-state index in [-0.39, 0.29) is 29.3 Å². The Hall–Kier alpha value is -1.83. The number of allylic oxidation sites excluding steroid dienone is 1. The number of carbonyl (C=O) groups excluding carboxylic acids is 2. The van der Waals surface area contributed by atoms with E-state index < -0.39 is 0 Å². The lowest BCUT2D eigenvalue weighted by Crippen LogP contribution is -2.58. The third-order valence-electron chi connectivity index (χ3n) is 9.24. The number of hydrogen-bond acceptors (Lipinski definition) is 3. The van der Waals surface area contributed by atoms with Crippen LogP contribution in [-0.4, -0.2) is 35.3 Å². The first-order chi connectivity index (χ1) is 14.6. The van der Waals surface area contributed by atoms with Gasteiger partial charge in [-0.1, -0.05) is 26.0 Å². The summed E-state index contributed by atoms with van der Waals surface area (Å²) in [4.78, 5) is 25.8. The van der Waals surface area contributed by atoms with E-state index in [1.807, 2.05) is 0 Å². The van der Waals surface area contributed by atoms with Gasteiger partial charge in [0.1, 0.15) is 0 Å². The van der Waals surface area contributed by atoms with Gasteiger partial charge in [0.05, 0.1) is 18.0 Å². The number of β-lactam (4-membered cyclic amide) rings is 1. The molecule has 1 unspecified atom stereocenters. The average molecular weight is 426 g/mol. The SMILES string of the molecule is C=C1CCC2(C#N)[C@H]3[C@H](CC[C@@H]2C)[C@@H](C)C[C@@H](CC(C)(C)NC(=O)CN2CCC2=O)[C@H]13. The molecule has 3 aliphatic carbocycles. The number of nitrogens with zero attached hydrogens (tertiary/aromatic N) is 2. The number of rotatable bonds is 5. The van der Waals surface area contributed by atoms with Crippen molar-refractivity contribution in [1.29, 1.82) is 5.26 Å². The zero-order valence-electron chi connectivity index (χ0n) is 19.7. The summed E-state index contributed by atoms with van der Waals surface area (Å²) in [5.74, 6) is 2.88. The van der Waals surface area contributed by atoms with E-state index >= 15 is 0 Å². The molecular formula is C26H39N3O2. The number of amides is 2. The number of likely N-dealkylation sites (tertiary alicyclic amines) is 1. The van der Waals surface area contributed by atoms with Crippen LogP contribution in [0.4, 0.5) is 0 Å². The third-order valence-corrected chi connectivity index (χ3v) is 9.24. The molecule has 0 aromatic rings. The fourth-order valence-corrected chi connectivity index (χ4v) is 7.72. The summed E-state index contributed by atoms with van der Waals surface area (Å²) in [5.41, 5.74) is 0.767. The van der Waals surface area contributed by atoms with Crippen molar-refractivity contribution in [2.24, 2.45) is 40.9 Å². The van der Waals surface area contributed by atoms with Crippen molar-refractivity contribution in [3.63, 3.8) is 0 Å². The standard InChI is InChI=1S/C26H39N3O2/c1-16-8-10-26(15-27)18(3)6-7-20-17(2)12-19(23(16)24(20)26)13-25(4,5)28-21(30)14-29-11-9-22(29)31/h17-20,23-24H,1,6-14H2,2-5H3,(H,28,30)/t17-,18-,19-,20+,23-,24-,26?/m0/s1. The van der Waals surface area contributed by atoms with Gasteiger partial charge >= 0.3 is 0 Å². The van der Waals surface area contributed by atoms with Gasteiger partial charge < -0.3 is 10.2 Å². The van der Waals surface area contributed by atoms with Gasteiger partial charge in [-0.25, -0.2) is 0 Å². The van der Waals surface area contributed by atoms with Crippen molar-refractivity contribution in [3.05, 3.63) is 12.2 Å². The number of nitrogens with one attached hydrogen (secondary N) is 1. The molecule has 3 saturated carbocycles. The van der Waals surface area contributed by atoms with Crippen LogP contribution in [0.3, 0.4) is 0 Å². The number of hydrogen-bond donors (Lipinski definition) is 1. The molecule has 5 nitrogen and oxygen atoms in total. The van der Waals surface area contributed by atoms with Crippen LogP contribution in [0.5, 0.6) is 0 Å². The highest BCUT2D eigenvalue weighted by molar-refractivity contribution is 5.88. The maximum atomic E-state index is 12.6. The third kappa shape index (κ3) is 3.81. The molecule has 4 aliphatic rings. The Morgan fingerprint density at radius 3 is 2.68 bits per heavy atom. The van der Waals surface area contributed by atoms with Crippen LogP contribution in [0.15, 0.2) is 12.2 Å². The van der Waals surface area contributed by atoms with Gasteiger partial charge in [0.25, 0.3) is 0 Å². The second-order valence-electron chi connectivity index (χ2n) is 11.7. The smallest absolute Gasteiger partial charge is 0.240 e. The van der Waals surface area contributed by atoms with Crippen LogP contribution in [0.2, 0.25) is 0 Å². The fourth-order valence-electron chi connectivity index (χ4n) is 7.72. The monoisotopic (exact) mass is 425 g/mol. The summed E-state index contributed by atoms with van der Waals surface area (Å²) in [6.45, 7) is 14.2. The van der Waals surface area contributed by atoms with E-state index in [4.69, 9.17) is 0 Å². The summed E-state index contributed by atoms with van der Waals surface area (Å²) >= 11 is 0. The topological polar surface area (TPSA) is 73.2 Å². The molecule has 0 spiro atoms. The average Bonchev–Trinajstić information content (AvgIpc) is 2.70. The highest BCUT2D eigenvalue weighted by atomic mass is 16.2. The van der Waals surface area contributed by atoms with Gasteiger partial charge in [0.2, 0.25) is 11.8 Å². The van der Waals surface area contributed by atoms with Crippen molar-refractivity contribution in [2.75, 3.05) is 13.1 Å². The highest BCUT2D eigenvalue weighted by Gasteiger charge is 2.60. The van der Waals surface area contributed by atoms with Crippen LogP contribution in [0.25, 0.3) is 0 Å². The Labute approximate surface area is 187 Å². The normalized spacial score (nSPS) is 39.9. The lowest BCUT2D eigenvalue weighted by molar-refractivity contribution is -0.144. The van der Waals surface area contributed by atoms with E-state index in [9.17, 15) is 14.9 Å². The summed E-state index contributed by atoms with van der Waals surface area (Å²) in [5, 5.41) is 13.6. The Morgan fingerprint density at radius 2 is 2.06 bits per heavy atom. The lowest BCUT2D eigenvalue weighted by Gasteiger charge is -2.61. The molecule has 31 heavy (non-hydrogen) atoms. The van der Waals surface area contributed by atoms with Crippen LogP contribution < -0.4 is 5.32 Å². The van der Waals surface area contributed by atoms with Crippen LogP contribution in [-0.2, 0) is 9.59 Å². The van der Waals surface area contributed by atoms with Crippen molar-refractivity contribution in [2.45, 2.75) is 78.2 Å². The van der Waals surface area contributed by atoms with Gasteiger partial charge in [0, 0.05) is 18.5 Å². The number of carbonyl (C=O) groups is 2.